The normalized spacial score (nSPS) is 10.3. The second-order valence-corrected chi connectivity index (χ2v) is 1.76. The van der Waals surface area contributed by atoms with Crippen LogP contribution in [0.1, 0.15) is 13.8 Å². The Hall–Kier alpha value is -0.0400. The van der Waals surface area contributed by atoms with Crippen molar-refractivity contribution in [3.05, 3.63) is 6.92 Å². The van der Waals surface area contributed by atoms with E-state index in [1.54, 1.807) is 0 Å². The Kier molecular flexibility index (Phi) is 4.10. The summed E-state index contributed by atoms with van der Waals surface area (Å²) in [5, 5.41) is 0. The Balaban J connectivity index is 2.68. The minimum atomic E-state index is 0.431. The number of hydrogen-bond acceptors (Lipinski definition) is 1. The molecule has 0 heterocycles. The summed E-state index contributed by atoms with van der Waals surface area (Å²) in [6.07, 6.45) is 0. The second kappa shape index (κ2) is 4.13. The molecule has 0 N–H and O–H groups in total. The van der Waals surface area contributed by atoms with Gasteiger partial charge >= 0.3 is 0 Å². The van der Waals surface area contributed by atoms with E-state index in [1.165, 1.54) is 0 Å². The summed E-state index contributed by atoms with van der Waals surface area (Å²) in [6.45, 7) is 9.37. The van der Waals surface area contributed by atoms with Gasteiger partial charge in [0.2, 0.25) is 0 Å². The summed E-state index contributed by atoms with van der Waals surface area (Å²) in [5.41, 5.74) is 0. The molecule has 0 aliphatic carbocycles. The molecule has 0 aromatic rings. The van der Waals surface area contributed by atoms with Gasteiger partial charge in [-0.2, -0.15) is 0 Å². The van der Waals surface area contributed by atoms with Gasteiger partial charge in [0.25, 0.3) is 0 Å². The minimum Gasteiger partial charge on any atom is -0.381 e. The van der Waals surface area contributed by atoms with E-state index in [2.05, 4.69) is 6.92 Å². The Labute approximate surface area is 45.7 Å². The van der Waals surface area contributed by atoms with Crippen LogP contribution in [0.2, 0.25) is 0 Å². The van der Waals surface area contributed by atoms with Crippen LogP contribution in [-0.4, -0.2) is 13.2 Å². The van der Waals surface area contributed by atoms with Gasteiger partial charge in [-0.1, -0.05) is 6.92 Å². The molecule has 0 rings (SSSR count). The lowest BCUT2D eigenvalue weighted by atomic mass is 10.2. The molecule has 0 saturated carbocycles. The summed E-state index contributed by atoms with van der Waals surface area (Å²) in [5.74, 6) is 0.431. The molecular formula is C6H13O. The number of hydrogen-bond donors (Lipinski definition) is 0. The third kappa shape index (κ3) is 5.96. The van der Waals surface area contributed by atoms with Crippen LogP contribution in [-0.2, 0) is 4.74 Å². The van der Waals surface area contributed by atoms with Gasteiger partial charge in [-0.3, -0.25) is 0 Å². The third-order valence-corrected chi connectivity index (χ3v) is 0.606. The maximum atomic E-state index is 5.03. The van der Waals surface area contributed by atoms with E-state index >= 15 is 0 Å². The molecule has 0 saturated heterocycles. The average Bonchev–Trinajstić information content (AvgIpc) is 1.61. The molecule has 0 aliphatic rings. The number of ether oxygens (including phenoxy) is 1. The van der Waals surface area contributed by atoms with Crippen molar-refractivity contribution in [2.45, 2.75) is 13.8 Å². The lowest BCUT2D eigenvalue weighted by Crippen LogP contribution is -2.00. The van der Waals surface area contributed by atoms with Gasteiger partial charge in [-0.15, -0.1) is 0 Å². The molecule has 0 amide bonds. The van der Waals surface area contributed by atoms with Gasteiger partial charge in [-0.25, -0.2) is 0 Å². The van der Waals surface area contributed by atoms with Crippen LogP contribution in [0.15, 0.2) is 0 Å². The Morgan fingerprint density at radius 1 is 1.71 bits per heavy atom. The van der Waals surface area contributed by atoms with Gasteiger partial charge < -0.3 is 4.74 Å². The molecule has 43 valence electrons. The van der Waals surface area contributed by atoms with Crippen molar-refractivity contribution in [1.82, 2.24) is 0 Å². The third-order valence-electron chi connectivity index (χ3n) is 0.606. The second-order valence-electron chi connectivity index (χ2n) is 1.76. The molecule has 0 fully saturated rings. The molecule has 0 aliphatic heterocycles. The largest absolute Gasteiger partial charge is 0.381 e. The monoisotopic (exact) mass is 101 g/mol. The molecule has 0 spiro atoms. The van der Waals surface area contributed by atoms with Gasteiger partial charge in [0.05, 0.1) is 0 Å². The van der Waals surface area contributed by atoms with Crippen LogP contribution in [0, 0.1) is 12.8 Å². The van der Waals surface area contributed by atoms with E-state index in [0.717, 1.165) is 13.2 Å². The summed E-state index contributed by atoms with van der Waals surface area (Å²) < 4.78 is 5.03. The van der Waals surface area contributed by atoms with E-state index in [0.29, 0.717) is 5.92 Å². The van der Waals surface area contributed by atoms with Gasteiger partial charge in [0.15, 0.2) is 0 Å². The molecule has 0 bridgehead atoms. The SMILES string of the molecule is [CH2]C(C)COCC. The maximum absolute atomic E-state index is 5.03. The maximum Gasteiger partial charge on any atom is 0.0491 e. The van der Waals surface area contributed by atoms with Crippen molar-refractivity contribution < 1.29 is 4.74 Å². The smallest absolute Gasteiger partial charge is 0.0491 e. The van der Waals surface area contributed by atoms with E-state index in [9.17, 15) is 0 Å². The van der Waals surface area contributed by atoms with Crippen LogP contribution in [0.5, 0.6) is 0 Å². The Morgan fingerprint density at radius 3 is 2.43 bits per heavy atom. The molecule has 1 nitrogen and oxygen atoms in total. The highest BCUT2D eigenvalue weighted by atomic mass is 16.5. The minimum absolute atomic E-state index is 0.431. The predicted octanol–water partition coefficient (Wildman–Crippen LogP) is 1.49. The molecule has 1 atom stereocenters. The van der Waals surface area contributed by atoms with Crippen molar-refractivity contribution in [3.63, 3.8) is 0 Å². The highest BCUT2D eigenvalue weighted by Crippen LogP contribution is 1.89. The molecule has 1 heteroatoms. The first-order chi connectivity index (χ1) is 3.27. The molecule has 7 heavy (non-hydrogen) atoms. The van der Waals surface area contributed by atoms with Gasteiger partial charge in [-0.05, 0) is 19.8 Å². The van der Waals surface area contributed by atoms with Crippen molar-refractivity contribution in [2.75, 3.05) is 13.2 Å². The lowest BCUT2D eigenvalue weighted by molar-refractivity contribution is 0.128. The van der Waals surface area contributed by atoms with Crippen molar-refractivity contribution in [2.24, 2.45) is 5.92 Å². The fourth-order valence-electron chi connectivity index (χ4n) is 0.319. The zero-order valence-electron chi connectivity index (χ0n) is 5.11. The van der Waals surface area contributed by atoms with Crippen LogP contribution in [0.25, 0.3) is 0 Å². The van der Waals surface area contributed by atoms with Gasteiger partial charge in [0.1, 0.15) is 0 Å². The van der Waals surface area contributed by atoms with E-state index in [4.69, 9.17) is 4.74 Å². The standard InChI is InChI=1S/C6H13O/c1-4-7-5-6(2)3/h6H,2,4-5H2,1,3H3. The first-order valence-corrected chi connectivity index (χ1v) is 2.68. The van der Waals surface area contributed by atoms with E-state index < -0.39 is 0 Å². The summed E-state index contributed by atoms with van der Waals surface area (Å²) in [4.78, 5) is 0. The fourth-order valence-corrected chi connectivity index (χ4v) is 0.319. The van der Waals surface area contributed by atoms with Crippen LogP contribution < -0.4 is 0 Å². The summed E-state index contributed by atoms with van der Waals surface area (Å²) in [6, 6.07) is 0. The highest BCUT2D eigenvalue weighted by Gasteiger charge is 1.88. The first kappa shape index (κ1) is 6.96. The quantitative estimate of drug-likeness (QED) is 0.523. The lowest BCUT2D eigenvalue weighted by Gasteiger charge is -2.01. The van der Waals surface area contributed by atoms with Gasteiger partial charge in [0, 0.05) is 13.2 Å². The van der Waals surface area contributed by atoms with E-state index in [-0.39, 0.29) is 0 Å². The van der Waals surface area contributed by atoms with Crippen molar-refractivity contribution in [3.8, 4) is 0 Å². The summed E-state index contributed by atoms with van der Waals surface area (Å²) >= 11 is 0. The van der Waals surface area contributed by atoms with Crippen LogP contribution >= 0.6 is 0 Å². The average molecular weight is 101 g/mol. The Morgan fingerprint density at radius 2 is 2.29 bits per heavy atom. The molecule has 0 aromatic heterocycles. The van der Waals surface area contributed by atoms with Crippen LogP contribution in [0.3, 0.4) is 0 Å². The molecule has 1 radical (unpaired) electrons. The van der Waals surface area contributed by atoms with Crippen molar-refractivity contribution in [1.29, 1.82) is 0 Å². The molecular weight excluding hydrogens is 88.1 g/mol. The van der Waals surface area contributed by atoms with Crippen molar-refractivity contribution >= 4 is 0 Å². The zero-order valence-corrected chi connectivity index (χ0v) is 5.11. The Bertz CT molecular complexity index is 33.2. The molecule has 1 unspecified atom stereocenters. The summed E-state index contributed by atoms with van der Waals surface area (Å²) in [7, 11) is 0. The molecule has 0 aromatic carbocycles. The zero-order chi connectivity index (χ0) is 5.70. The fraction of sp³-hybridized carbons (Fsp3) is 0.833. The first-order valence-electron chi connectivity index (χ1n) is 2.68. The topological polar surface area (TPSA) is 9.23 Å². The van der Waals surface area contributed by atoms with Crippen LogP contribution in [0.4, 0.5) is 0 Å². The van der Waals surface area contributed by atoms with E-state index in [1.807, 2.05) is 13.8 Å². The number of rotatable bonds is 3. The highest BCUT2D eigenvalue weighted by molar-refractivity contribution is 4.49. The predicted molar refractivity (Wildman–Crippen MR) is 31.0 cm³/mol.